The summed E-state index contributed by atoms with van der Waals surface area (Å²) in [5.74, 6) is -0.0849. The van der Waals surface area contributed by atoms with Crippen LogP contribution < -0.4 is 10.2 Å². The fraction of sp³-hybridized carbons (Fsp3) is 0.240. The lowest BCUT2D eigenvalue weighted by Gasteiger charge is -2.38. The molecule has 1 aliphatic heterocycles. The maximum absolute atomic E-state index is 13.7. The lowest BCUT2D eigenvalue weighted by molar-refractivity contribution is -0.135. The zero-order valence-corrected chi connectivity index (χ0v) is 19.9. The van der Waals surface area contributed by atoms with Crippen molar-refractivity contribution < 1.29 is 23.2 Å². The number of hydroxylamine groups is 1. The Balaban J connectivity index is 1.57. The molecule has 3 aromatic carbocycles. The van der Waals surface area contributed by atoms with Gasteiger partial charge in [-0.15, -0.1) is 0 Å². The molecule has 2 atom stereocenters. The predicted octanol–water partition coefficient (Wildman–Crippen LogP) is 4.65. The number of carbonyl (C=O) groups is 1. The third-order valence-electron chi connectivity index (χ3n) is 5.93. The molecule has 9 heteroatoms. The Morgan fingerprint density at radius 3 is 2.24 bits per heavy atom. The fourth-order valence-corrected chi connectivity index (χ4v) is 6.13. The molecule has 34 heavy (non-hydrogen) atoms. The molecule has 7 nitrogen and oxygen atoms in total. The van der Waals surface area contributed by atoms with Crippen LogP contribution in [0.5, 0.6) is 11.5 Å². The van der Waals surface area contributed by atoms with E-state index in [-0.39, 0.29) is 11.3 Å². The first-order chi connectivity index (χ1) is 16.4. The number of piperidine rings is 1. The third kappa shape index (κ3) is 5.59. The van der Waals surface area contributed by atoms with Crippen LogP contribution in [0.3, 0.4) is 0 Å². The second kappa shape index (κ2) is 10.6. The van der Waals surface area contributed by atoms with Gasteiger partial charge >= 0.3 is 0 Å². The predicted molar refractivity (Wildman–Crippen MR) is 128 cm³/mol. The zero-order valence-electron chi connectivity index (χ0n) is 18.3. The number of likely N-dealkylation sites (tertiary alicyclic amines) is 1. The van der Waals surface area contributed by atoms with Crippen molar-refractivity contribution in [3.05, 3.63) is 89.4 Å². The Labute approximate surface area is 203 Å². The largest absolute Gasteiger partial charge is 0.457 e. The number of nitrogens with one attached hydrogen (secondary N) is 1. The number of sulfone groups is 1. The van der Waals surface area contributed by atoms with Crippen LogP contribution in [0, 0.1) is 5.92 Å². The van der Waals surface area contributed by atoms with Crippen LogP contribution in [-0.2, 0) is 21.2 Å². The molecule has 3 aromatic rings. The van der Waals surface area contributed by atoms with E-state index in [1.165, 1.54) is 12.1 Å². The van der Waals surface area contributed by atoms with Gasteiger partial charge in [-0.1, -0.05) is 41.9 Å². The first kappa shape index (κ1) is 24.2. The van der Waals surface area contributed by atoms with Gasteiger partial charge in [0.2, 0.25) is 5.91 Å². The second-order valence-electron chi connectivity index (χ2n) is 8.18. The highest BCUT2D eigenvalue weighted by molar-refractivity contribution is 7.92. The minimum Gasteiger partial charge on any atom is -0.457 e. The van der Waals surface area contributed by atoms with Gasteiger partial charge in [-0.25, -0.2) is 13.9 Å². The van der Waals surface area contributed by atoms with Gasteiger partial charge < -0.3 is 4.74 Å². The number of ether oxygens (including phenoxy) is 1. The number of rotatable bonds is 7. The number of carbonyl (C=O) groups excluding carboxylic acids is 1. The van der Waals surface area contributed by atoms with Crippen molar-refractivity contribution >= 4 is 27.3 Å². The van der Waals surface area contributed by atoms with Gasteiger partial charge in [-0.2, -0.15) is 0 Å². The van der Waals surface area contributed by atoms with Crippen molar-refractivity contribution in [1.29, 1.82) is 0 Å². The zero-order chi connectivity index (χ0) is 24.1. The van der Waals surface area contributed by atoms with Crippen molar-refractivity contribution in [2.75, 3.05) is 6.54 Å². The molecular weight excluding hydrogens is 476 g/mol. The van der Waals surface area contributed by atoms with Gasteiger partial charge in [-0.05, 0) is 66.9 Å². The van der Waals surface area contributed by atoms with Crippen LogP contribution in [0.15, 0.2) is 83.8 Å². The minimum absolute atomic E-state index is 0.0879. The number of benzene rings is 3. The van der Waals surface area contributed by atoms with E-state index in [0.717, 1.165) is 5.56 Å². The maximum atomic E-state index is 13.7. The number of hydrogen-bond donors (Lipinski definition) is 2. The summed E-state index contributed by atoms with van der Waals surface area (Å²) < 4.78 is 33.1. The van der Waals surface area contributed by atoms with E-state index >= 15 is 0 Å². The van der Waals surface area contributed by atoms with Crippen LogP contribution >= 0.6 is 11.6 Å². The van der Waals surface area contributed by atoms with E-state index in [0.29, 0.717) is 36.0 Å². The summed E-state index contributed by atoms with van der Waals surface area (Å²) in [6, 6.07) is 22.7. The van der Waals surface area contributed by atoms with E-state index in [4.69, 9.17) is 21.5 Å². The summed E-state index contributed by atoms with van der Waals surface area (Å²) in [5, 5.41) is 8.76. The Morgan fingerprint density at radius 2 is 1.62 bits per heavy atom. The average Bonchev–Trinajstić information content (AvgIpc) is 2.86. The van der Waals surface area contributed by atoms with Gasteiger partial charge in [0.05, 0.1) is 4.90 Å². The normalized spacial score (nSPS) is 18.9. The van der Waals surface area contributed by atoms with Crippen molar-refractivity contribution in [1.82, 2.24) is 10.4 Å². The van der Waals surface area contributed by atoms with Crippen molar-refractivity contribution in [2.45, 2.75) is 29.7 Å². The molecule has 178 valence electrons. The van der Waals surface area contributed by atoms with Gasteiger partial charge in [-0.3, -0.25) is 14.9 Å². The van der Waals surface area contributed by atoms with E-state index in [1.807, 2.05) is 35.2 Å². The number of nitrogens with zero attached hydrogens (tertiary/aromatic N) is 1. The summed E-state index contributed by atoms with van der Waals surface area (Å²) in [4.78, 5) is 14.1. The van der Waals surface area contributed by atoms with Gasteiger partial charge in [0.15, 0.2) is 9.84 Å². The summed E-state index contributed by atoms with van der Waals surface area (Å²) >= 11 is 5.90. The number of halogens is 1. The first-order valence-electron chi connectivity index (χ1n) is 10.9. The topological polar surface area (TPSA) is 95.9 Å². The van der Waals surface area contributed by atoms with Crippen molar-refractivity contribution in [3.63, 3.8) is 0 Å². The molecule has 0 saturated carbocycles. The molecule has 4 rings (SSSR count). The lowest BCUT2D eigenvalue weighted by Crippen LogP contribution is -2.49. The Kier molecular flexibility index (Phi) is 7.53. The Hall–Kier alpha value is -2.91. The lowest BCUT2D eigenvalue weighted by atomic mass is 9.95. The highest BCUT2D eigenvalue weighted by atomic mass is 35.5. The highest BCUT2D eigenvalue weighted by Gasteiger charge is 2.40. The van der Waals surface area contributed by atoms with E-state index in [2.05, 4.69) is 0 Å². The maximum Gasteiger partial charge on any atom is 0.246 e. The fourth-order valence-electron chi connectivity index (χ4n) is 4.12. The third-order valence-corrected chi connectivity index (χ3v) is 8.32. The molecule has 0 bridgehead atoms. The van der Waals surface area contributed by atoms with Crippen LogP contribution in [0.25, 0.3) is 0 Å². The van der Waals surface area contributed by atoms with Crippen molar-refractivity contribution in [3.8, 4) is 11.5 Å². The van der Waals surface area contributed by atoms with Crippen LogP contribution in [0.2, 0.25) is 5.02 Å². The van der Waals surface area contributed by atoms with Crippen LogP contribution in [-0.4, -0.2) is 36.4 Å². The molecule has 1 saturated heterocycles. The minimum atomic E-state index is -3.81. The molecule has 0 aliphatic carbocycles. The van der Waals surface area contributed by atoms with E-state index in [9.17, 15) is 13.2 Å². The summed E-state index contributed by atoms with van der Waals surface area (Å²) in [6.07, 6.45) is 0.545. The molecule has 1 amide bonds. The monoisotopic (exact) mass is 500 g/mol. The molecule has 0 radical (unpaired) electrons. The Morgan fingerprint density at radius 1 is 1.00 bits per heavy atom. The summed E-state index contributed by atoms with van der Waals surface area (Å²) in [6.45, 7) is 0.852. The summed E-state index contributed by atoms with van der Waals surface area (Å²) in [7, 11) is -3.81. The molecule has 2 N–H and O–H groups in total. The average molecular weight is 501 g/mol. The van der Waals surface area contributed by atoms with Gasteiger partial charge in [0.25, 0.3) is 0 Å². The Bertz CT molecular complexity index is 1220. The molecular formula is C25H25ClN2O5S. The summed E-state index contributed by atoms with van der Waals surface area (Å²) in [5.41, 5.74) is 2.65. The van der Waals surface area contributed by atoms with E-state index < -0.39 is 27.0 Å². The molecule has 0 spiro atoms. The van der Waals surface area contributed by atoms with Gasteiger partial charge in [0, 0.05) is 24.0 Å². The second-order valence-corrected chi connectivity index (χ2v) is 10.7. The molecule has 1 aliphatic rings. The number of hydrogen-bond acceptors (Lipinski definition) is 6. The quantitative estimate of drug-likeness (QED) is 0.362. The molecule has 2 unspecified atom stereocenters. The smallest absolute Gasteiger partial charge is 0.246 e. The molecule has 1 fully saturated rings. The highest BCUT2D eigenvalue weighted by Crippen LogP contribution is 2.33. The number of amides is 1. The SMILES string of the molecule is O=C(NO)C1CCN(Cc2ccccc2)C(S(=O)(=O)c2ccc(Oc3ccc(Cl)cc3)cc2)C1. The van der Waals surface area contributed by atoms with Gasteiger partial charge in [0.1, 0.15) is 16.9 Å². The molecule has 0 aromatic heterocycles. The van der Waals surface area contributed by atoms with Crippen LogP contribution in [0.1, 0.15) is 18.4 Å². The first-order valence-corrected chi connectivity index (χ1v) is 12.8. The standard InChI is InChI=1S/C25H25ClN2O5S/c26-20-6-8-21(9-7-20)33-22-10-12-23(13-11-22)34(31,32)24-16-19(25(29)27-30)14-15-28(24)17-18-4-2-1-3-5-18/h1-13,19,24,30H,14-17H2,(H,27,29). The van der Waals surface area contributed by atoms with Crippen LogP contribution in [0.4, 0.5) is 0 Å². The molecule has 1 heterocycles. The van der Waals surface area contributed by atoms with Crippen molar-refractivity contribution in [2.24, 2.45) is 5.92 Å². The van der Waals surface area contributed by atoms with E-state index in [1.54, 1.807) is 41.9 Å².